The van der Waals surface area contributed by atoms with E-state index >= 15 is 0 Å². The molecule has 0 heterocycles. The Morgan fingerprint density at radius 2 is 1.14 bits per heavy atom. The van der Waals surface area contributed by atoms with Gasteiger partial charge in [-0.05, 0) is 38.5 Å². The van der Waals surface area contributed by atoms with Gasteiger partial charge in [0.05, 0.1) is 0 Å². The number of hydrogen-bond donors (Lipinski definition) is 2. The van der Waals surface area contributed by atoms with Crippen LogP contribution in [0.25, 0.3) is 0 Å². The van der Waals surface area contributed by atoms with Crippen molar-refractivity contribution in [2.45, 2.75) is 89.9 Å². The van der Waals surface area contributed by atoms with E-state index in [1.54, 1.807) is 0 Å². The van der Waals surface area contributed by atoms with Crippen molar-refractivity contribution < 1.29 is 9.90 Å². The average Bonchev–Trinajstić information content (AvgIpc) is 2.46. The van der Waals surface area contributed by atoms with Crippen LogP contribution in [0, 0.1) is 0 Å². The number of aliphatic hydroxyl groups excluding tert-OH is 1. The van der Waals surface area contributed by atoms with Crippen molar-refractivity contribution in [3.8, 4) is 0 Å². The van der Waals surface area contributed by atoms with Crippen LogP contribution in [0.3, 0.4) is 0 Å². The van der Waals surface area contributed by atoms with E-state index in [0.29, 0.717) is 13.0 Å². The highest BCUT2D eigenvalue weighted by atomic mass is 16.2. The average molecular weight is 297 g/mol. The highest BCUT2D eigenvalue weighted by Crippen LogP contribution is 2.10. The Morgan fingerprint density at radius 3 is 1.62 bits per heavy atom. The number of unbranched alkanes of at least 4 members (excludes halogenated alkanes) is 11. The van der Waals surface area contributed by atoms with Gasteiger partial charge in [-0.15, -0.1) is 0 Å². The fourth-order valence-electron chi connectivity index (χ4n) is 2.41. The molecule has 0 aromatic heterocycles. The van der Waals surface area contributed by atoms with E-state index in [2.05, 4.69) is 12.2 Å². The lowest BCUT2D eigenvalue weighted by Gasteiger charge is -2.00. The van der Waals surface area contributed by atoms with Crippen molar-refractivity contribution in [2.75, 3.05) is 6.61 Å². The third kappa shape index (κ3) is 19.2. The minimum absolute atomic E-state index is 0.173. The molecule has 3 N–H and O–H groups in total. The molecule has 0 unspecified atom stereocenters. The maximum Gasteiger partial charge on any atom is 0.217 e. The highest BCUT2D eigenvalue weighted by molar-refractivity contribution is 5.73. The number of allylic oxidation sites excluding steroid dienone is 2. The van der Waals surface area contributed by atoms with Gasteiger partial charge in [-0.25, -0.2) is 0 Å². The molecule has 0 aromatic rings. The summed E-state index contributed by atoms with van der Waals surface area (Å²) in [5, 5.41) is 8.66. The summed E-state index contributed by atoms with van der Waals surface area (Å²) in [6.07, 6.45) is 20.7. The molecule has 0 atom stereocenters. The third-order valence-electron chi connectivity index (χ3n) is 3.74. The third-order valence-corrected chi connectivity index (χ3v) is 3.74. The van der Waals surface area contributed by atoms with Crippen LogP contribution in [-0.2, 0) is 4.79 Å². The van der Waals surface area contributed by atoms with Gasteiger partial charge in [0.1, 0.15) is 0 Å². The summed E-state index contributed by atoms with van der Waals surface area (Å²) in [4.78, 5) is 10.6. The van der Waals surface area contributed by atoms with Crippen molar-refractivity contribution >= 4 is 5.91 Å². The van der Waals surface area contributed by atoms with E-state index in [0.717, 1.165) is 19.3 Å². The van der Waals surface area contributed by atoms with Gasteiger partial charge in [-0.2, -0.15) is 0 Å². The summed E-state index contributed by atoms with van der Waals surface area (Å²) in [6.45, 7) is 0.338. The Hall–Kier alpha value is -0.830. The molecule has 3 nitrogen and oxygen atoms in total. The maximum atomic E-state index is 10.6. The number of nitrogens with two attached hydrogens (primary N) is 1. The van der Waals surface area contributed by atoms with Crippen molar-refractivity contribution in [3.05, 3.63) is 12.2 Å². The summed E-state index contributed by atoms with van der Waals surface area (Å²) in [7, 11) is 0. The second-order valence-electron chi connectivity index (χ2n) is 5.88. The zero-order chi connectivity index (χ0) is 15.6. The van der Waals surface area contributed by atoms with Crippen LogP contribution in [-0.4, -0.2) is 17.6 Å². The highest BCUT2D eigenvalue weighted by Gasteiger charge is 1.94. The van der Waals surface area contributed by atoms with E-state index in [4.69, 9.17) is 10.8 Å². The molecule has 0 aliphatic rings. The molecule has 0 bridgehead atoms. The van der Waals surface area contributed by atoms with Gasteiger partial charge in [-0.1, -0.05) is 57.1 Å². The molecule has 0 rings (SSSR count). The SMILES string of the molecule is NC(=O)CCCCCCCCC=CCCCCCCCO. The fraction of sp³-hybridized carbons (Fsp3) is 0.833. The molecule has 0 aromatic carbocycles. The largest absolute Gasteiger partial charge is 0.396 e. The van der Waals surface area contributed by atoms with Crippen LogP contribution in [0.4, 0.5) is 0 Å². The Bertz CT molecular complexity index is 252. The Labute approximate surface area is 131 Å². The number of hydrogen-bond acceptors (Lipinski definition) is 2. The second kappa shape index (κ2) is 17.2. The number of carbonyl (C=O) groups excluding carboxylic acids is 1. The molecule has 0 saturated carbocycles. The molecule has 0 aliphatic heterocycles. The van der Waals surface area contributed by atoms with Gasteiger partial charge in [0.2, 0.25) is 5.91 Å². The normalized spacial score (nSPS) is 11.3. The zero-order valence-electron chi connectivity index (χ0n) is 13.7. The number of carbonyl (C=O) groups is 1. The first-order chi connectivity index (χ1) is 10.3. The van der Waals surface area contributed by atoms with Gasteiger partial charge < -0.3 is 10.8 Å². The number of primary amides is 1. The van der Waals surface area contributed by atoms with Gasteiger partial charge in [0.25, 0.3) is 0 Å². The number of aliphatic hydroxyl groups is 1. The van der Waals surface area contributed by atoms with Crippen LogP contribution in [0.5, 0.6) is 0 Å². The van der Waals surface area contributed by atoms with Crippen molar-refractivity contribution in [1.82, 2.24) is 0 Å². The first-order valence-corrected chi connectivity index (χ1v) is 8.81. The molecule has 3 heteroatoms. The minimum atomic E-state index is -0.173. The predicted octanol–water partition coefficient (Wildman–Crippen LogP) is 4.48. The topological polar surface area (TPSA) is 63.3 Å². The molecule has 0 aliphatic carbocycles. The van der Waals surface area contributed by atoms with Gasteiger partial charge in [0.15, 0.2) is 0 Å². The zero-order valence-corrected chi connectivity index (χ0v) is 13.7. The van der Waals surface area contributed by atoms with E-state index in [-0.39, 0.29) is 5.91 Å². The summed E-state index contributed by atoms with van der Waals surface area (Å²) >= 11 is 0. The van der Waals surface area contributed by atoms with E-state index in [1.807, 2.05) is 0 Å². The standard InChI is InChI=1S/C18H35NO2/c19-18(21)16-14-12-10-8-6-4-2-1-3-5-7-9-11-13-15-17-20/h1,3,20H,2,4-17H2,(H2,19,21). The molecule has 0 saturated heterocycles. The lowest BCUT2D eigenvalue weighted by atomic mass is 10.1. The van der Waals surface area contributed by atoms with Gasteiger partial charge in [0, 0.05) is 13.0 Å². The van der Waals surface area contributed by atoms with Crippen LogP contribution in [0.15, 0.2) is 12.2 Å². The van der Waals surface area contributed by atoms with Gasteiger partial charge >= 0.3 is 0 Å². The lowest BCUT2D eigenvalue weighted by molar-refractivity contribution is -0.118. The van der Waals surface area contributed by atoms with E-state index in [1.165, 1.54) is 64.2 Å². The Morgan fingerprint density at radius 1 is 0.714 bits per heavy atom. The monoisotopic (exact) mass is 297 g/mol. The summed E-state index contributed by atoms with van der Waals surface area (Å²) < 4.78 is 0. The maximum absolute atomic E-state index is 10.6. The van der Waals surface area contributed by atoms with Gasteiger partial charge in [-0.3, -0.25) is 4.79 Å². The number of rotatable bonds is 16. The first-order valence-electron chi connectivity index (χ1n) is 8.81. The molecule has 0 radical (unpaired) electrons. The van der Waals surface area contributed by atoms with Crippen molar-refractivity contribution in [3.63, 3.8) is 0 Å². The molecular formula is C18H35NO2. The summed E-state index contributed by atoms with van der Waals surface area (Å²) in [5.41, 5.74) is 5.10. The second-order valence-corrected chi connectivity index (χ2v) is 5.88. The Balaban J connectivity index is 3.07. The molecule has 0 fully saturated rings. The minimum Gasteiger partial charge on any atom is -0.396 e. The first kappa shape index (κ1) is 20.2. The predicted molar refractivity (Wildman–Crippen MR) is 90.1 cm³/mol. The van der Waals surface area contributed by atoms with Crippen LogP contribution in [0.1, 0.15) is 89.9 Å². The quantitative estimate of drug-likeness (QED) is 0.326. The van der Waals surface area contributed by atoms with Crippen LogP contribution >= 0.6 is 0 Å². The Kier molecular flexibility index (Phi) is 16.5. The van der Waals surface area contributed by atoms with E-state index in [9.17, 15) is 4.79 Å². The van der Waals surface area contributed by atoms with Crippen molar-refractivity contribution in [2.24, 2.45) is 5.73 Å². The molecule has 124 valence electrons. The summed E-state index contributed by atoms with van der Waals surface area (Å²) in [5.74, 6) is -0.173. The van der Waals surface area contributed by atoms with Crippen molar-refractivity contribution in [1.29, 1.82) is 0 Å². The molecule has 0 spiro atoms. The van der Waals surface area contributed by atoms with Crippen LogP contribution in [0.2, 0.25) is 0 Å². The molecule has 21 heavy (non-hydrogen) atoms. The number of amides is 1. The molecule has 1 amide bonds. The van der Waals surface area contributed by atoms with E-state index < -0.39 is 0 Å². The molecular weight excluding hydrogens is 262 g/mol. The summed E-state index contributed by atoms with van der Waals surface area (Å²) in [6, 6.07) is 0. The lowest BCUT2D eigenvalue weighted by Crippen LogP contribution is -2.09. The smallest absolute Gasteiger partial charge is 0.217 e. The van der Waals surface area contributed by atoms with Crippen LogP contribution < -0.4 is 5.73 Å². The fourth-order valence-corrected chi connectivity index (χ4v) is 2.41.